The maximum atomic E-state index is 11.8. The molecule has 0 aliphatic rings. The van der Waals surface area contributed by atoms with Crippen molar-refractivity contribution in [2.45, 2.75) is 6.54 Å². The van der Waals surface area contributed by atoms with Crippen molar-refractivity contribution >= 4 is 17.0 Å². The first-order chi connectivity index (χ1) is 10.0. The second kappa shape index (κ2) is 4.78. The van der Waals surface area contributed by atoms with Gasteiger partial charge in [-0.3, -0.25) is 4.79 Å². The Balaban J connectivity index is 2.01. The third kappa shape index (κ3) is 2.48. The zero-order valence-electron chi connectivity index (χ0n) is 10.8. The fourth-order valence-electron chi connectivity index (χ4n) is 2.16. The summed E-state index contributed by atoms with van der Waals surface area (Å²) in [5.74, 6) is -1.09. The summed E-state index contributed by atoms with van der Waals surface area (Å²) in [4.78, 5) is 39.2. The predicted octanol–water partition coefficient (Wildman–Crippen LogP) is 0.764. The Morgan fingerprint density at radius 3 is 2.62 bits per heavy atom. The second-order valence-electron chi connectivity index (χ2n) is 4.65. The highest BCUT2D eigenvalue weighted by molar-refractivity contribution is 5.87. The highest BCUT2D eigenvalue weighted by Crippen LogP contribution is 2.11. The van der Waals surface area contributed by atoms with Crippen LogP contribution in [0.4, 0.5) is 0 Å². The molecule has 0 spiro atoms. The third-order valence-corrected chi connectivity index (χ3v) is 3.16. The molecule has 0 radical (unpaired) electrons. The van der Waals surface area contributed by atoms with Gasteiger partial charge < -0.3 is 19.6 Å². The topological polar surface area (TPSA) is 108 Å². The fourth-order valence-corrected chi connectivity index (χ4v) is 2.16. The molecule has 0 fully saturated rings. The first-order valence-corrected chi connectivity index (χ1v) is 6.17. The molecule has 3 rings (SSSR count). The Hall–Kier alpha value is -3.09. The SMILES string of the molecule is O=C(O)c1ccc(=O)n(Cc2ccc3[nH]c(=O)[nH]c3c2)c1. The molecule has 7 heteroatoms. The Labute approximate surface area is 117 Å². The molecule has 0 bridgehead atoms. The van der Waals surface area contributed by atoms with E-state index in [1.165, 1.54) is 22.9 Å². The van der Waals surface area contributed by atoms with Crippen LogP contribution >= 0.6 is 0 Å². The molecule has 0 aliphatic heterocycles. The van der Waals surface area contributed by atoms with Gasteiger partial charge >= 0.3 is 11.7 Å². The maximum absolute atomic E-state index is 11.8. The number of H-pyrrole nitrogens is 2. The molecule has 2 aromatic heterocycles. The van der Waals surface area contributed by atoms with E-state index in [0.29, 0.717) is 11.0 Å². The molecule has 2 heterocycles. The van der Waals surface area contributed by atoms with Crippen LogP contribution in [0, 0.1) is 0 Å². The van der Waals surface area contributed by atoms with Gasteiger partial charge in [-0.1, -0.05) is 6.07 Å². The van der Waals surface area contributed by atoms with Gasteiger partial charge in [0.05, 0.1) is 23.1 Å². The molecule has 1 aromatic carbocycles. The molecule has 106 valence electrons. The zero-order valence-corrected chi connectivity index (χ0v) is 10.8. The molecule has 0 atom stereocenters. The van der Waals surface area contributed by atoms with E-state index in [2.05, 4.69) is 9.97 Å². The van der Waals surface area contributed by atoms with Gasteiger partial charge in [-0.05, 0) is 23.8 Å². The number of nitrogens with one attached hydrogen (secondary N) is 2. The molecule has 7 nitrogen and oxygen atoms in total. The molecule has 21 heavy (non-hydrogen) atoms. The highest BCUT2D eigenvalue weighted by Gasteiger charge is 2.06. The number of hydrogen-bond donors (Lipinski definition) is 3. The fraction of sp³-hybridized carbons (Fsp3) is 0.0714. The van der Waals surface area contributed by atoms with Crippen LogP contribution in [0.3, 0.4) is 0 Å². The number of nitrogens with zero attached hydrogens (tertiary/aromatic N) is 1. The Morgan fingerprint density at radius 2 is 1.86 bits per heavy atom. The molecule has 3 aromatic rings. The van der Waals surface area contributed by atoms with Crippen molar-refractivity contribution in [2.75, 3.05) is 0 Å². The van der Waals surface area contributed by atoms with Gasteiger partial charge in [0.15, 0.2) is 0 Å². The van der Waals surface area contributed by atoms with Gasteiger partial charge in [0.1, 0.15) is 0 Å². The number of aromatic carboxylic acids is 1. The van der Waals surface area contributed by atoms with Crippen molar-refractivity contribution in [2.24, 2.45) is 0 Å². The first kappa shape index (κ1) is 12.9. The molecular weight excluding hydrogens is 274 g/mol. The summed E-state index contributed by atoms with van der Waals surface area (Å²) < 4.78 is 1.31. The summed E-state index contributed by atoms with van der Waals surface area (Å²) in [5, 5.41) is 8.95. The number of pyridine rings is 1. The number of benzene rings is 1. The quantitative estimate of drug-likeness (QED) is 0.660. The molecule has 3 N–H and O–H groups in total. The number of carboxylic acids is 1. The Kier molecular flexibility index (Phi) is 2.94. The van der Waals surface area contributed by atoms with E-state index < -0.39 is 5.97 Å². The van der Waals surface area contributed by atoms with Crippen molar-refractivity contribution in [3.05, 3.63) is 68.5 Å². The van der Waals surface area contributed by atoms with E-state index in [9.17, 15) is 14.4 Å². The minimum absolute atomic E-state index is 0.0470. The van der Waals surface area contributed by atoms with Crippen LogP contribution in [0.15, 0.2) is 46.1 Å². The predicted molar refractivity (Wildman–Crippen MR) is 75.7 cm³/mol. The average Bonchev–Trinajstić information content (AvgIpc) is 2.80. The normalized spacial score (nSPS) is 10.9. The lowest BCUT2D eigenvalue weighted by molar-refractivity contribution is 0.0696. The highest BCUT2D eigenvalue weighted by atomic mass is 16.4. The van der Waals surface area contributed by atoms with Crippen LogP contribution in [-0.2, 0) is 6.54 Å². The summed E-state index contributed by atoms with van der Waals surface area (Å²) in [6.07, 6.45) is 1.30. The maximum Gasteiger partial charge on any atom is 0.337 e. The van der Waals surface area contributed by atoms with Crippen LogP contribution in [0.5, 0.6) is 0 Å². The first-order valence-electron chi connectivity index (χ1n) is 6.17. The van der Waals surface area contributed by atoms with Crippen molar-refractivity contribution in [3.63, 3.8) is 0 Å². The van der Waals surface area contributed by atoms with Crippen LogP contribution in [0.2, 0.25) is 0 Å². The van der Waals surface area contributed by atoms with Gasteiger partial charge in [-0.15, -0.1) is 0 Å². The van der Waals surface area contributed by atoms with Gasteiger partial charge in [-0.2, -0.15) is 0 Å². The number of aromatic amines is 2. The van der Waals surface area contributed by atoms with Gasteiger partial charge in [-0.25, -0.2) is 9.59 Å². The number of hydrogen-bond acceptors (Lipinski definition) is 3. The lowest BCUT2D eigenvalue weighted by Gasteiger charge is -2.06. The molecule has 0 unspecified atom stereocenters. The van der Waals surface area contributed by atoms with Crippen LogP contribution in [-0.4, -0.2) is 25.6 Å². The van der Waals surface area contributed by atoms with Gasteiger partial charge in [0, 0.05) is 12.3 Å². The van der Waals surface area contributed by atoms with Gasteiger partial charge in [0.2, 0.25) is 0 Å². The average molecular weight is 285 g/mol. The summed E-state index contributed by atoms with van der Waals surface area (Å²) in [6, 6.07) is 7.74. The van der Waals surface area contributed by atoms with Crippen molar-refractivity contribution in [3.8, 4) is 0 Å². The van der Waals surface area contributed by atoms with Crippen LogP contribution < -0.4 is 11.2 Å². The largest absolute Gasteiger partial charge is 0.478 e. The van der Waals surface area contributed by atoms with E-state index in [4.69, 9.17) is 5.11 Å². The third-order valence-electron chi connectivity index (χ3n) is 3.16. The van der Waals surface area contributed by atoms with Crippen molar-refractivity contribution < 1.29 is 9.90 Å². The summed E-state index contributed by atoms with van der Waals surface area (Å²) in [7, 11) is 0. The minimum atomic E-state index is -1.09. The lowest BCUT2D eigenvalue weighted by atomic mass is 10.2. The number of rotatable bonds is 3. The van der Waals surface area contributed by atoms with Crippen LogP contribution in [0.1, 0.15) is 15.9 Å². The number of aromatic nitrogens is 3. The monoisotopic (exact) mass is 285 g/mol. The number of imidazole rings is 1. The minimum Gasteiger partial charge on any atom is -0.478 e. The Bertz CT molecular complexity index is 948. The van der Waals surface area contributed by atoms with Crippen molar-refractivity contribution in [1.82, 2.24) is 14.5 Å². The number of carbonyl (C=O) groups is 1. The molecule has 0 aliphatic carbocycles. The van der Waals surface area contributed by atoms with E-state index in [-0.39, 0.29) is 23.4 Å². The van der Waals surface area contributed by atoms with Gasteiger partial charge in [0.25, 0.3) is 5.56 Å². The smallest absolute Gasteiger partial charge is 0.337 e. The summed E-state index contributed by atoms with van der Waals surface area (Å²) in [5.41, 5.74) is 1.55. The second-order valence-corrected chi connectivity index (χ2v) is 4.65. The summed E-state index contributed by atoms with van der Waals surface area (Å²) >= 11 is 0. The van der Waals surface area contributed by atoms with Crippen molar-refractivity contribution in [1.29, 1.82) is 0 Å². The van der Waals surface area contributed by atoms with E-state index >= 15 is 0 Å². The van der Waals surface area contributed by atoms with E-state index in [1.807, 2.05) is 0 Å². The molecule has 0 saturated heterocycles. The molecule has 0 saturated carbocycles. The Morgan fingerprint density at radius 1 is 1.10 bits per heavy atom. The van der Waals surface area contributed by atoms with E-state index in [0.717, 1.165) is 5.56 Å². The van der Waals surface area contributed by atoms with Crippen LogP contribution in [0.25, 0.3) is 11.0 Å². The summed E-state index contributed by atoms with van der Waals surface area (Å²) in [6.45, 7) is 0.225. The number of carboxylic acid groups (broad SMARTS) is 1. The zero-order chi connectivity index (χ0) is 15.0. The molecule has 0 amide bonds. The van der Waals surface area contributed by atoms with E-state index in [1.54, 1.807) is 18.2 Å². The standard InChI is InChI=1S/C14H11N3O4/c18-12-4-2-9(13(19)20)7-17(12)6-8-1-3-10-11(5-8)16-14(21)15-10/h1-5,7H,6H2,(H,19,20)(H2,15,16,21). The number of fused-ring (bicyclic) bond motifs is 1. The lowest BCUT2D eigenvalue weighted by Crippen LogP contribution is -2.20. The molecular formula is C14H11N3O4.